The van der Waals surface area contributed by atoms with E-state index in [-0.39, 0.29) is 34.7 Å². The van der Waals surface area contributed by atoms with E-state index in [1.807, 2.05) is 39.8 Å². The molecule has 0 spiro atoms. The van der Waals surface area contributed by atoms with Crippen molar-refractivity contribution in [3.05, 3.63) is 65.4 Å². The quantitative estimate of drug-likeness (QED) is 0.537. The van der Waals surface area contributed by atoms with E-state index in [1.54, 1.807) is 23.1 Å². The molecule has 2 aliphatic heterocycles. The van der Waals surface area contributed by atoms with Gasteiger partial charge in [0.15, 0.2) is 0 Å². The van der Waals surface area contributed by atoms with Crippen molar-refractivity contribution in [2.45, 2.75) is 63.5 Å². The van der Waals surface area contributed by atoms with Crippen LogP contribution in [-0.2, 0) is 14.8 Å². The van der Waals surface area contributed by atoms with Crippen molar-refractivity contribution in [3.8, 4) is 17.7 Å². The van der Waals surface area contributed by atoms with Gasteiger partial charge in [0.05, 0.1) is 29.1 Å². The van der Waals surface area contributed by atoms with Gasteiger partial charge in [-0.1, -0.05) is 56.4 Å². The number of rotatable bonds is 3. The fourth-order valence-electron chi connectivity index (χ4n) is 4.95. The number of benzene rings is 1. The predicted molar refractivity (Wildman–Crippen MR) is 154 cm³/mol. The van der Waals surface area contributed by atoms with E-state index >= 15 is 0 Å². The predicted octanol–water partition coefficient (Wildman–Crippen LogP) is 3.41. The minimum Gasteiger partial charge on any atom is -0.470 e. The molecule has 2 aromatic rings. The molecule has 0 saturated carbocycles. The van der Waals surface area contributed by atoms with Crippen molar-refractivity contribution in [1.29, 1.82) is 0 Å². The Kier molecular flexibility index (Phi) is 7.62. The molecule has 0 radical (unpaired) electrons. The molecule has 10 nitrogen and oxygen atoms in total. The Bertz CT molecular complexity index is 1620. The first-order valence-electron chi connectivity index (χ1n) is 13.6. The summed E-state index contributed by atoms with van der Waals surface area (Å²) in [5.74, 6) is 5.18. The highest BCUT2D eigenvalue weighted by molar-refractivity contribution is 7.92. The number of amides is 2. The van der Waals surface area contributed by atoms with E-state index in [0.717, 1.165) is 5.57 Å². The second-order valence-electron chi connectivity index (χ2n) is 11.1. The number of nitrogens with zero attached hydrogens (tertiary/aromatic N) is 3. The van der Waals surface area contributed by atoms with Crippen molar-refractivity contribution in [2.75, 3.05) is 17.8 Å². The summed E-state index contributed by atoms with van der Waals surface area (Å²) < 4.78 is 35.5. The van der Waals surface area contributed by atoms with Gasteiger partial charge in [0, 0.05) is 23.6 Å². The maximum atomic E-state index is 13.4. The maximum absolute atomic E-state index is 13.4. The highest BCUT2D eigenvalue weighted by atomic mass is 32.2. The highest BCUT2D eigenvalue weighted by Gasteiger charge is 2.39. The third kappa shape index (κ3) is 5.98. The number of nitrogens with one attached hydrogen (secondary N) is 2. The molecule has 2 N–H and O–H groups in total. The first kappa shape index (κ1) is 28.4. The summed E-state index contributed by atoms with van der Waals surface area (Å²) in [6.07, 6.45) is 5.94. The lowest BCUT2D eigenvalue weighted by atomic mass is 9.87. The normalized spacial score (nSPS) is 23.3. The molecule has 1 aromatic carbocycles. The number of hydrogen-bond acceptors (Lipinski definition) is 7. The topological polar surface area (TPSA) is 131 Å². The van der Waals surface area contributed by atoms with Crippen LogP contribution in [0.3, 0.4) is 0 Å². The van der Waals surface area contributed by atoms with Gasteiger partial charge in [-0.2, -0.15) is 4.98 Å². The first-order valence-corrected chi connectivity index (χ1v) is 15.1. The summed E-state index contributed by atoms with van der Waals surface area (Å²) in [5.41, 5.74) is 1.00. The van der Waals surface area contributed by atoms with Crippen LogP contribution < -0.4 is 14.8 Å². The van der Waals surface area contributed by atoms with Crippen LogP contribution in [0.1, 0.15) is 62.5 Å². The van der Waals surface area contributed by atoms with Gasteiger partial charge in [0.25, 0.3) is 15.9 Å². The Balaban J connectivity index is 1.61. The van der Waals surface area contributed by atoms with Gasteiger partial charge in [0.1, 0.15) is 6.10 Å². The van der Waals surface area contributed by atoms with E-state index in [4.69, 9.17) is 4.74 Å². The van der Waals surface area contributed by atoms with Crippen LogP contribution in [0.15, 0.2) is 59.0 Å². The Labute approximate surface area is 240 Å². The smallest absolute Gasteiger partial charge is 0.264 e. The van der Waals surface area contributed by atoms with Crippen molar-refractivity contribution in [2.24, 2.45) is 5.41 Å². The maximum Gasteiger partial charge on any atom is 0.264 e. The molecule has 3 atom stereocenters. The molecule has 1 aliphatic carbocycles. The third-order valence-corrected chi connectivity index (χ3v) is 9.10. The summed E-state index contributed by atoms with van der Waals surface area (Å²) in [6, 6.07) is 6.95. The number of aromatic nitrogens is 2. The molecule has 5 rings (SSSR count). The Morgan fingerprint density at radius 1 is 1.24 bits per heavy atom. The molecule has 2 unspecified atom stereocenters. The SMILES string of the molecule is CCC(C)(C)C(=O)N1CC[C@H]2NC(=O)c3cccc(c3)S(=O)(=O)Nc3nc(cc(C4C#CC=CC=C4C)n3)OC2C1. The molecule has 3 heterocycles. The average Bonchev–Trinajstić information content (AvgIpc) is 3.16. The lowest BCUT2D eigenvalue weighted by Crippen LogP contribution is -2.59. The van der Waals surface area contributed by atoms with Crippen molar-refractivity contribution < 1.29 is 22.7 Å². The minimum atomic E-state index is -4.14. The fraction of sp³-hybridized carbons (Fsp3) is 0.400. The van der Waals surface area contributed by atoms with Gasteiger partial charge in [-0.05, 0) is 44.0 Å². The van der Waals surface area contributed by atoms with Gasteiger partial charge in [-0.15, -0.1) is 0 Å². The van der Waals surface area contributed by atoms with Crippen LogP contribution in [0, 0.1) is 17.3 Å². The van der Waals surface area contributed by atoms with Crippen LogP contribution >= 0.6 is 0 Å². The highest BCUT2D eigenvalue weighted by Crippen LogP contribution is 2.30. The number of piperidine rings is 1. The van der Waals surface area contributed by atoms with Crippen LogP contribution in [0.5, 0.6) is 5.88 Å². The van der Waals surface area contributed by atoms with Crippen molar-refractivity contribution >= 4 is 27.8 Å². The number of fused-ring (bicyclic) bond motifs is 5. The van der Waals surface area contributed by atoms with Gasteiger partial charge in [0.2, 0.25) is 17.7 Å². The summed E-state index contributed by atoms with van der Waals surface area (Å²) in [7, 11) is -4.14. The number of likely N-dealkylation sites (tertiary alicyclic amines) is 1. The number of allylic oxidation sites excluding steroid dienone is 4. The number of carbonyl (C=O) groups is 2. The Morgan fingerprint density at radius 2 is 2.05 bits per heavy atom. The van der Waals surface area contributed by atoms with E-state index in [9.17, 15) is 18.0 Å². The summed E-state index contributed by atoms with van der Waals surface area (Å²) in [4.78, 5) is 37.2. The number of anilines is 1. The van der Waals surface area contributed by atoms with Gasteiger partial charge in [-0.25, -0.2) is 18.1 Å². The minimum absolute atomic E-state index is 0.00260. The van der Waals surface area contributed by atoms with Crippen LogP contribution in [0.2, 0.25) is 0 Å². The lowest BCUT2D eigenvalue weighted by molar-refractivity contribution is -0.143. The molecule has 11 heteroatoms. The first-order chi connectivity index (χ1) is 19.5. The largest absolute Gasteiger partial charge is 0.470 e. The van der Waals surface area contributed by atoms with Gasteiger partial charge in [-0.3, -0.25) is 9.59 Å². The molecule has 1 saturated heterocycles. The zero-order valence-electron chi connectivity index (χ0n) is 23.5. The number of ether oxygens (including phenoxy) is 1. The second kappa shape index (κ2) is 11.0. The van der Waals surface area contributed by atoms with Gasteiger partial charge < -0.3 is 15.0 Å². The molecular weight excluding hydrogens is 542 g/mol. The van der Waals surface area contributed by atoms with E-state index in [0.29, 0.717) is 25.1 Å². The van der Waals surface area contributed by atoms with E-state index < -0.39 is 39.4 Å². The number of hydrogen-bond donors (Lipinski definition) is 2. The second-order valence-corrected chi connectivity index (χ2v) is 12.8. The molecule has 214 valence electrons. The summed E-state index contributed by atoms with van der Waals surface area (Å²) in [5, 5.41) is 3.01. The van der Waals surface area contributed by atoms with Crippen molar-refractivity contribution in [3.63, 3.8) is 0 Å². The van der Waals surface area contributed by atoms with Crippen molar-refractivity contribution in [1.82, 2.24) is 20.2 Å². The number of sulfonamides is 1. The number of carbonyl (C=O) groups excluding carboxylic acids is 2. The average molecular weight is 576 g/mol. The standard InChI is InChI=1S/C30H33N5O5S/c1-5-30(3,4)28(37)35-15-14-23-25(18-35)40-26-17-24(22-13-8-6-7-10-19(22)2)32-29(33-26)34-41(38,39)21-12-9-11-20(16-21)27(36)31-23/h6-7,9-12,16-17,22-23,25H,5,14-15,18H2,1-4H3,(H,31,36)(H,32,33,34)/t22?,23-,25?/m1/s1. The van der Waals surface area contributed by atoms with E-state index in [1.165, 1.54) is 18.2 Å². The van der Waals surface area contributed by atoms with Crippen LogP contribution in [0.4, 0.5) is 5.95 Å². The summed E-state index contributed by atoms with van der Waals surface area (Å²) in [6.45, 7) is 8.38. The summed E-state index contributed by atoms with van der Waals surface area (Å²) >= 11 is 0. The van der Waals surface area contributed by atoms with Crippen LogP contribution in [-0.4, -0.2) is 60.3 Å². The van der Waals surface area contributed by atoms with Crippen LogP contribution in [0.25, 0.3) is 0 Å². The zero-order valence-corrected chi connectivity index (χ0v) is 24.3. The molecule has 2 amide bonds. The monoisotopic (exact) mass is 575 g/mol. The zero-order chi connectivity index (χ0) is 29.4. The fourth-order valence-corrected chi connectivity index (χ4v) is 5.94. The van der Waals surface area contributed by atoms with Gasteiger partial charge >= 0.3 is 0 Å². The molecule has 1 fully saturated rings. The molecule has 3 aliphatic rings. The third-order valence-electron chi connectivity index (χ3n) is 7.77. The Morgan fingerprint density at radius 3 is 2.83 bits per heavy atom. The molecule has 41 heavy (non-hydrogen) atoms. The molecule has 1 aromatic heterocycles. The lowest BCUT2D eigenvalue weighted by Gasteiger charge is -2.41. The molecule has 4 bridgehead atoms. The molecular formula is C30H33N5O5S. The van der Waals surface area contributed by atoms with E-state index in [2.05, 4.69) is 31.8 Å². The Hall–Kier alpha value is -4.17.